The van der Waals surface area contributed by atoms with Gasteiger partial charge in [0.25, 0.3) is 0 Å². The SMILES string of the molecule is CCC(CCN)C(=O)c1ccc(F)cc1. The number of carbonyl (C=O) groups is 1. The zero-order chi connectivity index (χ0) is 11.3. The van der Waals surface area contributed by atoms with E-state index in [1.165, 1.54) is 24.3 Å². The Labute approximate surface area is 89.3 Å². The summed E-state index contributed by atoms with van der Waals surface area (Å²) in [4.78, 5) is 11.9. The van der Waals surface area contributed by atoms with Crippen LogP contribution in [0.4, 0.5) is 4.39 Å². The first-order valence-electron chi connectivity index (χ1n) is 5.19. The van der Waals surface area contributed by atoms with Gasteiger partial charge < -0.3 is 5.73 Å². The quantitative estimate of drug-likeness (QED) is 0.756. The Bertz CT molecular complexity index is 321. The molecular weight excluding hydrogens is 193 g/mol. The van der Waals surface area contributed by atoms with Crippen LogP contribution in [0, 0.1) is 11.7 Å². The Hall–Kier alpha value is -1.22. The van der Waals surface area contributed by atoms with Gasteiger partial charge in [-0.05, 0) is 43.7 Å². The summed E-state index contributed by atoms with van der Waals surface area (Å²) < 4.78 is 12.6. The predicted octanol–water partition coefficient (Wildman–Crippen LogP) is 2.38. The molecule has 1 rings (SSSR count). The van der Waals surface area contributed by atoms with Gasteiger partial charge in [-0.3, -0.25) is 4.79 Å². The lowest BCUT2D eigenvalue weighted by Gasteiger charge is -2.12. The summed E-state index contributed by atoms with van der Waals surface area (Å²) >= 11 is 0. The van der Waals surface area contributed by atoms with E-state index in [0.29, 0.717) is 18.5 Å². The number of benzene rings is 1. The maximum Gasteiger partial charge on any atom is 0.165 e. The summed E-state index contributed by atoms with van der Waals surface area (Å²) in [6.45, 7) is 2.47. The summed E-state index contributed by atoms with van der Waals surface area (Å²) in [7, 11) is 0. The number of hydrogen-bond acceptors (Lipinski definition) is 2. The minimum atomic E-state index is -0.321. The molecular formula is C12H16FNO. The second-order valence-corrected chi connectivity index (χ2v) is 3.55. The molecule has 0 heterocycles. The van der Waals surface area contributed by atoms with E-state index in [0.717, 1.165) is 6.42 Å². The molecule has 2 nitrogen and oxygen atoms in total. The standard InChI is InChI=1S/C12H16FNO/c1-2-9(7-8-14)12(15)10-3-5-11(13)6-4-10/h3-6,9H,2,7-8,14H2,1H3. The highest BCUT2D eigenvalue weighted by atomic mass is 19.1. The molecule has 15 heavy (non-hydrogen) atoms. The number of Topliss-reactive ketones (excluding diaryl/α,β-unsaturated/α-hetero) is 1. The van der Waals surface area contributed by atoms with Crippen molar-refractivity contribution in [3.05, 3.63) is 35.6 Å². The van der Waals surface area contributed by atoms with Crippen molar-refractivity contribution in [1.29, 1.82) is 0 Å². The van der Waals surface area contributed by atoms with Crippen LogP contribution < -0.4 is 5.73 Å². The lowest BCUT2D eigenvalue weighted by Crippen LogP contribution is -2.18. The van der Waals surface area contributed by atoms with Crippen molar-refractivity contribution < 1.29 is 9.18 Å². The molecule has 2 N–H and O–H groups in total. The monoisotopic (exact) mass is 209 g/mol. The molecule has 0 bridgehead atoms. The zero-order valence-electron chi connectivity index (χ0n) is 8.87. The molecule has 0 aliphatic rings. The highest BCUT2D eigenvalue weighted by Gasteiger charge is 2.17. The number of rotatable bonds is 5. The molecule has 0 amide bonds. The van der Waals surface area contributed by atoms with Gasteiger partial charge in [-0.2, -0.15) is 0 Å². The zero-order valence-corrected chi connectivity index (χ0v) is 8.87. The van der Waals surface area contributed by atoms with Crippen LogP contribution in [0.3, 0.4) is 0 Å². The van der Waals surface area contributed by atoms with Gasteiger partial charge in [0.15, 0.2) is 5.78 Å². The lowest BCUT2D eigenvalue weighted by molar-refractivity contribution is 0.0911. The van der Waals surface area contributed by atoms with Crippen LogP contribution in [0.2, 0.25) is 0 Å². The van der Waals surface area contributed by atoms with Crippen molar-refractivity contribution in [3.8, 4) is 0 Å². The van der Waals surface area contributed by atoms with E-state index in [2.05, 4.69) is 0 Å². The highest BCUT2D eigenvalue weighted by molar-refractivity contribution is 5.97. The van der Waals surface area contributed by atoms with Crippen molar-refractivity contribution in [3.63, 3.8) is 0 Å². The fraction of sp³-hybridized carbons (Fsp3) is 0.417. The third kappa shape index (κ3) is 3.13. The topological polar surface area (TPSA) is 43.1 Å². The smallest absolute Gasteiger partial charge is 0.165 e. The van der Waals surface area contributed by atoms with Crippen LogP contribution in [0.1, 0.15) is 30.1 Å². The first-order chi connectivity index (χ1) is 7.19. The largest absolute Gasteiger partial charge is 0.330 e. The second-order valence-electron chi connectivity index (χ2n) is 3.55. The Morgan fingerprint density at radius 2 is 2.00 bits per heavy atom. The Morgan fingerprint density at radius 1 is 1.40 bits per heavy atom. The van der Waals surface area contributed by atoms with Crippen molar-refractivity contribution in [2.24, 2.45) is 11.7 Å². The van der Waals surface area contributed by atoms with Crippen LogP contribution in [-0.4, -0.2) is 12.3 Å². The minimum Gasteiger partial charge on any atom is -0.330 e. The lowest BCUT2D eigenvalue weighted by atomic mass is 9.92. The van der Waals surface area contributed by atoms with Gasteiger partial charge in [-0.25, -0.2) is 4.39 Å². The molecule has 1 aromatic carbocycles. The summed E-state index contributed by atoms with van der Waals surface area (Å²) in [5, 5.41) is 0. The third-order valence-electron chi connectivity index (χ3n) is 2.51. The number of ketones is 1. The van der Waals surface area contributed by atoms with E-state index in [1.807, 2.05) is 6.92 Å². The number of hydrogen-bond donors (Lipinski definition) is 1. The molecule has 0 radical (unpaired) electrons. The number of halogens is 1. The van der Waals surface area contributed by atoms with Crippen LogP contribution in [-0.2, 0) is 0 Å². The number of nitrogens with two attached hydrogens (primary N) is 1. The second kappa shape index (κ2) is 5.61. The Morgan fingerprint density at radius 3 is 2.47 bits per heavy atom. The molecule has 0 saturated carbocycles. The molecule has 1 atom stereocenters. The van der Waals surface area contributed by atoms with Crippen LogP contribution >= 0.6 is 0 Å². The molecule has 0 spiro atoms. The first kappa shape index (κ1) is 11.9. The molecule has 1 aromatic rings. The molecule has 0 aromatic heterocycles. The van der Waals surface area contributed by atoms with E-state index < -0.39 is 0 Å². The Balaban J connectivity index is 2.78. The fourth-order valence-electron chi connectivity index (χ4n) is 1.57. The van der Waals surface area contributed by atoms with E-state index in [4.69, 9.17) is 5.73 Å². The van der Waals surface area contributed by atoms with E-state index in [9.17, 15) is 9.18 Å². The molecule has 0 aliphatic carbocycles. The van der Waals surface area contributed by atoms with Gasteiger partial charge in [-0.15, -0.1) is 0 Å². The average Bonchev–Trinajstić information content (AvgIpc) is 2.26. The van der Waals surface area contributed by atoms with Gasteiger partial charge in [0.2, 0.25) is 0 Å². The predicted molar refractivity (Wildman–Crippen MR) is 58.2 cm³/mol. The van der Waals surface area contributed by atoms with Crippen molar-refractivity contribution in [2.45, 2.75) is 19.8 Å². The van der Waals surface area contributed by atoms with Crippen LogP contribution in [0.15, 0.2) is 24.3 Å². The number of carbonyl (C=O) groups excluding carboxylic acids is 1. The van der Waals surface area contributed by atoms with Crippen molar-refractivity contribution in [2.75, 3.05) is 6.54 Å². The summed E-state index contributed by atoms with van der Waals surface area (Å²) in [5.74, 6) is -0.304. The normalized spacial score (nSPS) is 12.5. The van der Waals surface area contributed by atoms with Gasteiger partial charge >= 0.3 is 0 Å². The van der Waals surface area contributed by atoms with Crippen molar-refractivity contribution >= 4 is 5.78 Å². The molecule has 82 valence electrons. The molecule has 0 aliphatic heterocycles. The van der Waals surface area contributed by atoms with Gasteiger partial charge in [0.05, 0.1) is 0 Å². The van der Waals surface area contributed by atoms with Crippen LogP contribution in [0.25, 0.3) is 0 Å². The van der Waals surface area contributed by atoms with Crippen molar-refractivity contribution in [1.82, 2.24) is 0 Å². The molecule has 0 saturated heterocycles. The van der Waals surface area contributed by atoms with Gasteiger partial charge in [0.1, 0.15) is 5.82 Å². The van der Waals surface area contributed by atoms with E-state index >= 15 is 0 Å². The van der Waals surface area contributed by atoms with Gasteiger partial charge in [0, 0.05) is 11.5 Å². The average molecular weight is 209 g/mol. The van der Waals surface area contributed by atoms with Crippen LogP contribution in [0.5, 0.6) is 0 Å². The maximum absolute atomic E-state index is 12.6. The molecule has 3 heteroatoms. The maximum atomic E-state index is 12.6. The van der Waals surface area contributed by atoms with E-state index in [-0.39, 0.29) is 17.5 Å². The Kier molecular flexibility index (Phi) is 4.43. The van der Waals surface area contributed by atoms with E-state index in [1.54, 1.807) is 0 Å². The third-order valence-corrected chi connectivity index (χ3v) is 2.51. The molecule has 0 fully saturated rings. The fourth-order valence-corrected chi connectivity index (χ4v) is 1.57. The van der Waals surface area contributed by atoms with Gasteiger partial charge in [-0.1, -0.05) is 6.92 Å². The highest BCUT2D eigenvalue weighted by Crippen LogP contribution is 2.15. The first-order valence-corrected chi connectivity index (χ1v) is 5.19. The summed E-state index contributed by atoms with van der Waals surface area (Å²) in [6, 6.07) is 5.67. The summed E-state index contributed by atoms with van der Waals surface area (Å²) in [6.07, 6.45) is 1.46. The minimum absolute atomic E-state index is 0.0412. The molecule has 1 unspecified atom stereocenters. The summed E-state index contributed by atoms with van der Waals surface area (Å²) in [5.41, 5.74) is 6.00.